The average Bonchev–Trinajstić information content (AvgIpc) is 2.47. The van der Waals surface area contributed by atoms with Crippen LogP contribution in [0.2, 0.25) is 0 Å². The largest absolute Gasteiger partial charge is 0.324 e. The van der Waals surface area contributed by atoms with Gasteiger partial charge in [0.05, 0.1) is 6.54 Å². The number of amidine groups is 1. The summed E-state index contributed by atoms with van der Waals surface area (Å²) in [5.41, 5.74) is 8.43. The lowest BCUT2D eigenvalue weighted by Crippen LogP contribution is -2.38. The molecular weight excluding hydrogens is 140 g/mol. The molecule has 0 aliphatic carbocycles. The number of fused-ring (bicyclic) bond motifs is 1. The van der Waals surface area contributed by atoms with Crippen LogP contribution in [0.3, 0.4) is 0 Å². The van der Waals surface area contributed by atoms with E-state index in [0.29, 0.717) is 6.54 Å². The summed E-state index contributed by atoms with van der Waals surface area (Å²) in [6, 6.07) is 0. The number of hydrogen-bond donors (Lipinski definition) is 2. The first kappa shape index (κ1) is 6.42. The number of nitrogens with one attached hydrogen (secondary N) is 1. The van der Waals surface area contributed by atoms with E-state index in [2.05, 4.69) is 10.5 Å². The first-order valence-corrected chi connectivity index (χ1v) is 3.57. The number of rotatable bonds is 1. The van der Waals surface area contributed by atoms with Gasteiger partial charge < -0.3 is 10.6 Å². The van der Waals surface area contributed by atoms with Gasteiger partial charge in [-0.25, -0.2) is 0 Å². The predicted molar refractivity (Wildman–Crippen MR) is 43.5 cm³/mol. The first-order chi connectivity index (χ1) is 5.42. The topological polar surface area (TPSA) is 53.6 Å². The van der Waals surface area contributed by atoms with Gasteiger partial charge >= 0.3 is 0 Å². The fourth-order valence-corrected chi connectivity index (χ4v) is 1.20. The molecule has 0 bridgehead atoms. The third-order valence-corrected chi connectivity index (χ3v) is 1.76. The molecule has 2 rings (SSSR count). The van der Waals surface area contributed by atoms with Crippen LogP contribution in [0, 0.1) is 0 Å². The van der Waals surface area contributed by atoms with Crippen molar-refractivity contribution in [3.05, 3.63) is 24.4 Å². The van der Waals surface area contributed by atoms with Gasteiger partial charge in [-0.3, -0.25) is 5.43 Å². The van der Waals surface area contributed by atoms with Gasteiger partial charge in [-0.15, -0.1) is 0 Å². The number of allylic oxidation sites excluding steroid dienone is 2. The maximum absolute atomic E-state index is 5.47. The van der Waals surface area contributed by atoms with Gasteiger partial charge in [-0.1, -0.05) is 6.08 Å². The Bertz CT molecular complexity index is 241. The molecule has 0 amide bonds. The molecule has 0 aromatic carbocycles. The summed E-state index contributed by atoms with van der Waals surface area (Å²) >= 11 is 0. The Labute approximate surface area is 65.1 Å². The van der Waals surface area contributed by atoms with Crippen LogP contribution in [0.25, 0.3) is 0 Å². The molecule has 0 radical (unpaired) electrons. The van der Waals surface area contributed by atoms with E-state index >= 15 is 0 Å². The zero-order chi connectivity index (χ0) is 7.68. The van der Waals surface area contributed by atoms with Crippen LogP contribution in [0.1, 0.15) is 0 Å². The van der Waals surface area contributed by atoms with E-state index in [1.807, 2.05) is 29.3 Å². The van der Waals surface area contributed by atoms with E-state index < -0.39 is 0 Å². The van der Waals surface area contributed by atoms with E-state index in [9.17, 15) is 0 Å². The fourth-order valence-electron chi connectivity index (χ4n) is 1.20. The Morgan fingerprint density at radius 1 is 1.64 bits per heavy atom. The highest BCUT2D eigenvalue weighted by atomic mass is 15.5. The van der Waals surface area contributed by atoms with E-state index in [1.165, 1.54) is 0 Å². The smallest absolute Gasteiger partial charge is 0.144 e. The Kier molecular flexibility index (Phi) is 1.40. The second kappa shape index (κ2) is 2.39. The van der Waals surface area contributed by atoms with Crippen LogP contribution < -0.4 is 11.2 Å². The maximum Gasteiger partial charge on any atom is 0.144 e. The quantitative estimate of drug-likeness (QED) is 0.533. The van der Waals surface area contributed by atoms with Crippen molar-refractivity contribution in [3.63, 3.8) is 0 Å². The Morgan fingerprint density at radius 2 is 2.55 bits per heavy atom. The molecule has 11 heavy (non-hydrogen) atoms. The highest BCUT2D eigenvalue weighted by Gasteiger charge is 2.23. The Balaban J connectivity index is 2.20. The van der Waals surface area contributed by atoms with Crippen LogP contribution in [0.4, 0.5) is 0 Å². The van der Waals surface area contributed by atoms with Gasteiger partial charge in [-0.2, -0.15) is 5.10 Å². The SMILES string of the molecule is NCC1=NN[C@H]2C=CC=CN12. The van der Waals surface area contributed by atoms with Crippen LogP contribution in [0.5, 0.6) is 0 Å². The molecule has 4 nitrogen and oxygen atoms in total. The zero-order valence-electron chi connectivity index (χ0n) is 6.07. The predicted octanol–water partition coefficient (Wildman–Crippen LogP) is -0.427. The minimum absolute atomic E-state index is 0.179. The third-order valence-electron chi connectivity index (χ3n) is 1.76. The van der Waals surface area contributed by atoms with Gasteiger partial charge in [0, 0.05) is 6.20 Å². The van der Waals surface area contributed by atoms with Gasteiger partial charge in [-0.05, 0) is 12.2 Å². The molecule has 1 atom stereocenters. The second-order valence-corrected chi connectivity index (χ2v) is 2.44. The molecule has 3 N–H and O–H groups in total. The molecule has 0 unspecified atom stereocenters. The molecule has 0 saturated heterocycles. The molecule has 0 aromatic rings. The molecule has 2 heterocycles. The molecule has 2 aliphatic rings. The first-order valence-electron chi connectivity index (χ1n) is 3.57. The van der Waals surface area contributed by atoms with Crippen molar-refractivity contribution in [2.24, 2.45) is 10.8 Å². The van der Waals surface area contributed by atoms with Crippen molar-refractivity contribution in [2.45, 2.75) is 6.17 Å². The molecule has 0 saturated carbocycles. The van der Waals surface area contributed by atoms with Crippen molar-refractivity contribution < 1.29 is 0 Å². The van der Waals surface area contributed by atoms with Gasteiger partial charge in [0.15, 0.2) is 0 Å². The average molecular weight is 150 g/mol. The number of hydrazone groups is 1. The lowest BCUT2D eigenvalue weighted by atomic mass is 10.3. The monoisotopic (exact) mass is 150 g/mol. The number of nitrogens with zero attached hydrogens (tertiary/aromatic N) is 2. The van der Waals surface area contributed by atoms with Gasteiger partial charge in [0.1, 0.15) is 12.0 Å². The van der Waals surface area contributed by atoms with Crippen LogP contribution in [-0.4, -0.2) is 23.4 Å². The van der Waals surface area contributed by atoms with Gasteiger partial charge in [0.2, 0.25) is 0 Å². The Morgan fingerprint density at radius 3 is 3.36 bits per heavy atom. The molecule has 58 valence electrons. The molecule has 0 aromatic heterocycles. The van der Waals surface area contributed by atoms with Crippen LogP contribution in [-0.2, 0) is 0 Å². The summed E-state index contributed by atoms with van der Waals surface area (Å²) in [6.45, 7) is 0.474. The van der Waals surface area contributed by atoms with Crippen molar-refractivity contribution >= 4 is 5.84 Å². The van der Waals surface area contributed by atoms with Crippen molar-refractivity contribution in [3.8, 4) is 0 Å². The van der Waals surface area contributed by atoms with E-state index in [0.717, 1.165) is 5.84 Å². The number of nitrogens with two attached hydrogens (primary N) is 1. The summed E-state index contributed by atoms with van der Waals surface area (Å²) in [6.07, 6.45) is 8.14. The normalized spacial score (nSPS) is 26.5. The summed E-state index contributed by atoms with van der Waals surface area (Å²) in [5.74, 6) is 0.885. The van der Waals surface area contributed by atoms with Crippen molar-refractivity contribution in [2.75, 3.05) is 6.54 Å². The zero-order valence-corrected chi connectivity index (χ0v) is 6.07. The standard InChI is InChI=1S/C7H10N4/c8-5-7-10-9-6-3-1-2-4-11(6)7/h1-4,6,9H,5,8H2/t6-/m1/s1. The lowest BCUT2D eigenvalue weighted by Gasteiger charge is -2.21. The second-order valence-electron chi connectivity index (χ2n) is 2.44. The van der Waals surface area contributed by atoms with E-state index in [4.69, 9.17) is 5.73 Å². The van der Waals surface area contributed by atoms with Gasteiger partial charge in [0.25, 0.3) is 0 Å². The number of hydrogen-bond acceptors (Lipinski definition) is 4. The van der Waals surface area contributed by atoms with Crippen LogP contribution >= 0.6 is 0 Å². The van der Waals surface area contributed by atoms with E-state index in [-0.39, 0.29) is 6.17 Å². The van der Waals surface area contributed by atoms with E-state index in [1.54, 1.807) is 0 Å². The molecule has 4 heteroatoms. The third kappa shape index (κ3) is 0.914. The van der Waals surface area contributed by atoms with Crippen molar-refractivity contribution in [1.29, 1.82) is 0 Å². The van der Waals surface area contributed by atoms with Crippen molar-refractivity contribution in [1.82, 2.24) is 10.3 Å². The molecule has 0 spiro atoms. The maximum atomic E-state index is 5.47. The minimum atomic E-state index is 0.179. The highest BCUT2D eigenvalue weighted by molar-refractivity contribution is 5.86. The highest BCUT2D eigenvalue weighted by Crippen LogP contribution is 2.11. The summed E-state index contributed by atoms with van der Waals surface area (Å²) in [7, 11) is 0. The fraction of sp³-hybridized carbons (Fsp3) is 0.286. The minimum Gasteiger partial charge on any atom is -0.324 e. The molecule has 0 fully saturated rings. The summed E-state index contributed by atoms with van der Waals surface area (Å²) < 4.78 is 0. The molecule has 2 aliphatic heterocycles. The van der Waals surface area contributed by atoms with Crippen LogP contribution in [0.15, 0.2) is 29.5 Å². The summed E-state index contributed by atoms with van der Waals surface area (Å²) in [5, 5.41) is 4.06. The summed E-state index contributed by atoms with van der Waals surface area (Å²) in [4.78, 5) is 2.01. The molecular formula is C7H10N4. The Hall–Kier alpha value is -1.29. The lowest BCUT2D eigenvalue weighted by molar-refractivity contribution is 0.442.